The van der Waals surface area contributed by atoms with Gasteiger partial charge in [-0.05, 0) is 49.7 Å². The third-order valence-corrected chi connectivity index (χ3v) is 6.07. The zero-order valence-corrected chi connectivity index (χ0v) is 16.2. The average molecular weight is 390 g/mol. The SMILES string of the molecule is CC(C)N(C)S(=O)(=O)c1cccc(C(=O)Nc2cccc(CC(=O)O)c2)c1. The second kappa shape index (κ2) is 8.32. The number of hydrogen-bond acceptors (Lipinski definition) is 4. The minimum Gasteiger partial charge on any atom is -0.481 e. The molecule has 0 fully saturated rings. The molecule has 2 N–H and O–H groups in total. The topological polar surface area (TPSA) is 104 Å². The fraction of sp³-hybridized carbons (Fsp3) is 0.263. The molecule has 8 heteroatoms. The molecule has 1 amide bonds. The van der Waals surface area contributed by atoms with Crippen LogP contribution >= 0.6 is 0 Å². The lowest BCUT2D eigenvalue weighted by Gasteiger charge is -2.21. The van der Waals surface area contributed by atoms with E-state index in [1.54, 1.807) is 38.1 Å². The van der Waals surface area contributed by atoms with E-state index in [4.69, 9.17) is 5.11 Å². The summed E-state index contributed by atoms with van der Waals surface area (Å²) in [6, 6.07) is 12.1. The molecule has 0 bridgehead atoms. The molecule has 27 heavy (non-hydrogen) atoms. The Bertz CT molecular complexity index is 954. The molecule has 0 saturated carbocycles. The molecule has 2 rings (SSSR count). The van der Waals surface area contributed by atoms with Gasteiger partial charge in [-0.25, -0.2) is 8.42 Å². The number of sulfonamides is 1. The smallest absolute Gasteiger partial charge is 0.307 e. The molecule has 0 aliphatic heterocycles. The molecule has 0 atom stereocenters. The Hall–Kier alpha value is -2.71. The van der Waals surface area contributed by atoms with Gasteiger partial charge in [-0.2, -0.15) is 4.31 Å². The number of carboxylic acid groups (broad SMARTS) is 1. The standard InChI is InChI=1S/C19H22N2O5S/c1-13(2)21(3)27(25,26)17-9-5-7-15(12-17)19(24)20-16-8-4-6-14(10-16)11-18(22)23/h4-10,12-13H,11H2,1-3H3,(H,20,24)(H,22,23). The van der Waals surface area contributed by atoms with Crippen molar-refractivity contribution in [2.24, 2.45) is 0 Å². The van der Waals surface area contributed by atoms with Gasteiger partial charge in [0, 0.05) is 24.3 Å². The van der Waals surface area contributed by atoms with Crippen molar-refractivity contribution in [2.75, 3.05) is 12.4 Å². The number of amides is 1. The minimum atomic E-state index is -3.70. The fourth-order valence-corrected chi connectivity index (χ4v) is 3.79. The molecule has 7 nitrogen and oxygen atoms in total. The van der Waals surface area contributed by atoms with Gasteiger partial charge in [0.25, 0.3) is 5.91 Å². The highest BCUT2D eigenvalue weighted by molar-refractivity contribution is 7.89. The average Bonchev–Trinajstić information content (AvgIpc) is 2.60. The van der Waals surface area contributed by atoms with Crippen LogP contribution in [0.15, 0.2) is 53.4 Å². The Morgan fingerprint density at radius 3 is 2.41 bits per heavy atom. The van der Waals surface area contributed by atoms with Gasteiger partial charge in [0.05, 0.1) is 11.3 Å². The predicted octanol–water partition coefficient (Wildman–Crippen LogP) is 2.59. The molecule has 2 aromatic carbocycles. The molecule has 0 radical (unpaired) electrons. The molecular formula is C19H22N2O5S. The maximum atomic E-state index is 12.6. The lowest BCUT2D eigenvalue weighted by molar-refractivity contribution is -0.136. The van der Waals surface area contributed by atoms with Crippen molar-refractivity contribution in [3.8, 4) is 0 Å². The van der Waals surface area contributed by atoms with Crippen LogP contribution < -0.4 is 5.32 Å². The van der Waals surface area contributed by atoms with Gasteiger partial charge in [0.2, 0.25) is 10.0 Å². The van der Waals surface area contributed by atoms with Crippen molar-refractivity contribution < 1.29 is 23.1 Å². The van der Waals surface area contributed by atoms with Gasteiger partial charge in [0.1, 0.15) is 0 Å². The van der Waals surface area contributed by atoms with Crippen LogP contribution in [0, 0.1) is 0 Å². The highest BCUT2D eigenvalue weighted by atomic mass is 32.2. The van der Waals surface area contributed by atoms with Gasteiger partial charge in [-0.1, -0.05) is 18.2 Å². The molecule has 0 unspecified atom stereocenters. The van der Waals surface area contributed by atoms with Crippen LogP contribution in [0.4, 0.5) is 5.69 Å². The van der Waals surface area contributed by atoms with Crippen molar-refractivity contribution >= 4 is 27.6 Å². The van der Waals surface area contributed by atoms with Crippen LogP contribution in [-0.2, 0) is 21.2 Å². The Balaban J connectivity index is 2.25. The number of carbonyl (C=O) groups excluding carboxylic acids is 1. The molecule has 0 aliphatic rings. The summed E-state index contributed by atoms with van der Waals surface area (Å²) in [6.45, 7) is 3.52. The van der Waals surface area contributed by atoms with Crippen LogP contribution in [0.5, 0.6) is 0 Å². The van der Waals surface area contributed by atoms with E-state index in [-0.39, 0.29) is 22.9 Å². The predicted molar refractivity (Wildman–Crippen MR) is 102 cm³/mol. The van der Waals surface area contributed by atoms with Crippen molar-refractivity contribution in [2.45, 2.75) is 31.2 Å². The fourth-order valence-electron chi connectivity index (χ4n) is 2.38. The quantitative estimate of drug-likeness (QED) is 0.756. The second-order valence-corrected chi connectivity index (χ2v) is 8.37. The van der Waals surface area contributed by atoms with Crippen LogP contribution in [0.3, 0.4) is 0 Å². The minimum absolute atomic E-state index is 0.0333. The first-order valence-electron chi connectivity index (χ1n) is 8.31. The monoisotopic (exact) mass is 390 g/mol. The first-order chi connectivity index (χ1) is 12.6. The van der Waals surface area contributed by atoms with Crippen LogP contribution in [0.1, 0.15) is 29.8 Å². The summed E-state index contributed by atoms with van der Waals surface area (Å²) in [7, 11) is -2.21. The highest BCUT2D eigenvalue weighted by Crippen LogP contribution is 2.19. The van der Waals surface area contributed by atoms with E-state index in [1.165, 1.54) is 35.6 Å². The molecule has 0 heterocycles. The number of hydrogen-bond donors (Lipinski definition) is 2. The van der Waals surface area contributed by atoms with Crippen molar-refractivity contribution in [3.63, 3.8) is 0 Å². The zero-order chi connectivity index (χ0) is 20.2. The summed E-state index contributed by atoms with van der Waals surface area (Å²) in [6.07, 6.45) is -0.154. The largest absolute Gasteiger partial charge is 0.481 e. The summed E-state index contributed by atoms with van der Waals surface area (Å²) >= 11 is 0. The number of carboxylic acids is 1. The summed E-state index contributed by atoms with van der Waals surface area (Å²) in [5, 5.41) is 11.5. The summed E-state index contributed by atoms with van der Waals surface area (Å²) in [4.78, 5) is 23.3. The molecular weight excluding hydrogens is 368 g/mol. The lowest BCUT2D eigenvalue weighted by atomic mass is 10.1. The van der Waals surface area contributed by atoms with Gasteiger partial charge in [0.15, 0.2) is 0 Å². The Morgan fingerprint density at radius 1 is 1.11 bits per heavy atom. The van der Waals surface area contributed by atoms with Gasteiger partial charge >= 0.3 is 5.97 Å². The number of carbonyl (C=O) groups is 2. The van der Waals surface area contributed by atoms with E-state index in [1.807, 2.05) is 0 Å². The third-order valence-electron chi connectivity index (χ3n) is 4.04. The van der Waals surface area contributed by atoms with Crippen LogP contribution in [0.2, 0.25) is 0 Å². The lowest BCUT2D eigenvalue weighted by Crippen LogP contribution is -2.33. The number of anilines is 1. The van der Waals surface area contributed by atoms with E-state index < -0.39 is 21.9 Å². The number of aliphatic carboxylic acids is 1. The molecule has 144 valence electrons. The molecule has 0 spiro atoms. The van der Waals surface area contributed by atoms with Gasteiger partial charge < -0.3 is 10.4 Å². The summed E-state index contributed by atoms with van der Waals surface area (Å²) < 4.78 is 26.4. The van der Waals surface area contributed by atoms with Crippen LogP contribution in [-0.4, -0.2) is 42.8 Å². The Labute approximate surface area is 158 Å². The number of rotatable bonds is 7. The second-order valence-electron chi connectivity index (χ2n) is 6.37. The highest BCUT2D eigenvalue weighted by Gasteiger charge is 2.24. The molecule has 2 aromatic rings. The van der Waals surface area contributed by atoms with Crippen molar-refractivity contribution in [3.05, 3.63) is 59.7 Å². The van der Waals surface area contributed by atoms with Crippen molar-refractivity contribution in [1.82, 2.24) is 4.31 Å². The number of nitrogens with one attached hydrogen (secondary N) is 1. The zero-order valence-electron chi connectivity index (χ0n) is 15.3. The van der Waals surface area contributed by atoms with E-state index in [9.17, 15) is 18.0 Å². The third kappa shape index (κ3) is 5.15. The van der Waals surface area contributed by atoms with E-state index in [2.05, 4.69) is 5.32 Å². The van der Waals surface area contributed by atoms with Crippen LogP contribution in [0.25, 0.3) is 0 Å². The Morgan fingerprint density at radius 2 is 1.78 bits per heavy atom. The maximum absolute atomic E-state index is 12.6. The van der Waals surface area contributed by atoms with Crippen molar-refractivity contribution in [1.29, 1.82) is 0 Å². The first kappa shape index (κ1) is 20.6. The molecule has 0 saturated heterocycles. The number of benzene rings is 2. The summed E-state index contributed by atoms with van der Waals surface area (Å²) in [5.74, 6) is -1.45. The Kier molecular flexibility index (Phi) is 6.35. The molecule has 0 aliphatic carbocycles. The van der Waals surface area contributed by atoms with E-state index in [0.717, 1.165) is 0 Å². The first-order valence-corrected chi connectivity index (χ1v) is 9.75. The normalized spacial score (nSPS) is 11.6. The maximum Gasteiger partial charge on any atom is 0.307 e. The van der Waals surface area contributed by atoms with Gasteiger partial charge in [-0.3, -0.25) is 9.59 Å². The number of nitrogens with zero attached hydrogens (tertiary/aromatic N) is 1. The van der Waals surface area contributed by atoms with Gasteiger partial charge in [-0.15, -0.1) is 0 Å². The molecule has 0 aromatic heterocycles. The summed E-state index contributed by atoms with van der Waals surface area (Å²) in [5.41, 5.74) is 1.18. The van der Waals surface area contributed by atoms with E-state index >= 15 is 0 Å². The van der Waals surface area contributed by atoms with E-state index in [0.29, 0.717) is 11.3 Å².